The highest BCUT2D eigenvalue weighted by Crippen LogP contribution is 2.32. The van der Waals surface area contributed by atoms with Crippen LogP contribution >= 0.6 is 0 Å². The lowest BCUT2D eigenvalue weighted by Gasteiger charge is -2.16. The molecule has 0 fully saturated rings. The Bertz CT molecular complexity index is 1330. The lowest BCUT2D eigenvalue weighted by Crippen LogP contribution is -1.99. The van der Waals surface area contributed by atoms with Crippen molar-refractivity contribution in [2.24, 2.45) is 0 Å². The Kier molecular flexibility index (Phi) is 8.21. The van der Waals surface area contributed by atoms with Crippen molar-refractivity contribution in [3.05, 3.63) is 147 Å². The summed E-state index contributed by atoms with van der Waals surface area (Å²) >= 11 is 0. The molecule has 0 aliphatic heterocycles. The van der Waals surface area contributed by atoms with Crippen molar-refractivity contribution in [1.82, 2.24) is 5.16 Å². The highest BCUT2D eigenvalue weighted by molar-refractivity contribution is 5.78. The van der Waals surface area contributed by atoms with Gasteiger partial charge in [0.15, 0.2) is 0 Å². The van der Waals surface area contributed by atoms with E-state index < -0.39 is 0 Å². The predicted molar refractivity (Wildman–Crippen MR) is 151 cm³/mol. The van der Waals surface area contributed by atoms with E-state index in [0.29, 0.717) is 0 Å². The zero-order valence-electron chi connectivity index (χ0n) is 22.0. The third-order valence-corrected chi connectivity index (χ3v) is 6.64. The summed E-state index contributed by atoms with van der Waals surface area (Å²) in [5.41, 5.74) is 14.2. The molecule has 2 aromatic carbocycles. The van der Waals surface area contributed by atoms with Crippen molar-refractivity contribution < 1.29 is 4.52 Å². The van der Waals surface area contributed by atoms with Crippen LogP contribution in [0.5, 0.6) is 0 Å². The van der Waals surface area contributed by atoms with Gasteiger partial charge in [-0.15, -0.1) is 5.73 Å². The fourth-order valence-corrected chi connectivity index (χ4v) is 4.88. The van der Waals surface area contributed by atoms with Gasteiger partial charge in [0.25, 0.3) is 0 Å². The van der Waals surface area contributed by atoms with E-state index in [1.165, 1.54) is 33.4 Å². The minimum atomic E-state index is 0.203. The van der Waals surface area contributed by atoms with Crippen LogP contribution in [0.2, 0.25) is 0 Å². The predicted octanol–water partition coefficient (Wildman–Crippen LogP) is 9.22. The molecular formula is C34H35NO. The van der Waals surface area contributed by atoms with Crippen LogP contribution in [-0.2, 0) is 0 Å². The molecule has 1 aromatic heterocycles. The number of nitrogens with zero attached hydrogens (tertiary/aromatic N) is 1. The van der Waals surface area contributed by atoms with Crippen molar-refractivity contribution in [1.29, 1.82) is 0 Å². The fourth-order valence-electron chi connectivity index (χ4n) is 4.88. The summed E-state index contributed by atoms with van der Waals surface area (Å²) in [4.78, 5) is 0. The number of rotatable bonds is 7. The molecule has 0 amide bonds. The highest BCUT2D eigenvalue weighted by atomic mass is 16.5. The summed E-state index contributed by atoms with van der Waals surface area (Å²) in [6, 6.07) is 21.4. The van der Waals surface area contributed by atoms with Gasteiger partial charge in [0, 0.05) is 17.1 Å². The quantitative estimate of drug-likeness (QED) is 0.252. The zero-order valence-corrected chi connectivity index (χ0v) is 22.0. The second-order valence-electron chi connectivity index (χ2n) is 9.38. The zero-order chi connectivity index (χ0) is 25.5. The molecule has 0 atom stereocenters. The van der Waals surface area contributed by atoms with Crippen LogP contribution in [0.3, 0.4) is 0 Å². The van der Waals surface area contributed by atoms with Gasteiger partial charge in [-0.05, 0) is 74.5 Å². The summed E-state index contributed by atoms with van der Waals surface area (Å²) in [6.45, 7) is 10.6. The lowest BCUT2D eigenvalue weighted by molar-refractivity contribution is 0.393. The first-order chi connectivity index (χ1) is 17.5. The maximum atomic E-state index is 5.44. The van der Waals surface area contributed by atoms with Crippen LogP contribution in [0.25, 0.3) is 5.57 Å². The molecule has 4 rings (SSSR count). The number of hydrogen-bond acceptors (Lipinski definition) is 2. The van der Waals surface area contributed by atoms with Gasteiger partial charge in [0.1, 0.15) is 5.76 Å². The third-order valence-electron chi connectivity index (χ3n) is 6.64. The van der Waals surface area contributed by atoms with E-state index in [0.717, 1.165) is 35.4 Å². The molecule has 0 bridgehead atoms. The highest BCUT2D eigenvalue weighted by Gasteiger charge is 2.16. The van der Waals surface area contributed by atoms with Gasteiger partial charge in [-0.3, -0.25) is 0 Å². The van der Waals surface area contributed by atoms with E-state index in [4.69, 9.17) is 4.52 Å². The Morgan fingerprint density at radius 1 is 1.00 bits per heavy atom. The largest absolute Gasteiger partial charge is 0.361 e. The number of benzene rings is 2. The van der Waals surface area contributed by atoms with Crippen LogP contribution in [0.4, 0.5) is 0 Å². The van der Waals surface area contributed by atoms with Crippen LogP contribution in [0.15, 0.2) is 124 Å². The molecule has 3 aromatic rings. The molecule has 1 aliphatic carbocycles. The Morgan fingerprint density at radius 3 is 2.19 bits per heavy atom. The molecular weight excluding hydrogens is 438 g/mol. The maximum Gasteiger partial charge on any atom is 0.141 e. The standard InChI is InChI=1S/C34H35NO/c1-6-28(32-20-14-13-19-31(23-25(32)3)34-26(4)35-36-27(34)5)21-24(2)22-33(29-15-9-7-10-16-29)30-17-11-8-12-18-30/h7-12,14-19,21-23,33H,6,13H2,1-5H3. The summed E-state index contributed by atoms with van der Waals surface area (Å²) < 4.78 is 5.44. The van der Waals surface area contributed by atoms with E-state index in [-0.39, 0.29) is 5.92 Å². The molecule has 0 radical (unpaired) electrons. The molecule has 0 saturated carbocycles. The molecule has 1 heterocycles. The lowest BCUT2D eigenvalue weighted by atomic mass is 9.88. The Balaban J connectivity index is 1.71. The molecule has 182 valence electrons. The van der Waals surface area contributed by atoms with Crippen LogP contribution in [0.1, 0.15) is 67.7 Å². The van der Waals surface area contributed by atoms with Crippen LogP contribution in [0, 0.1) is 13.8 Å². The Labute approximate surface area is 215 Å². The van der Waals surface area contributed by atoms with Crippen LogP contribution in [-0.4, -0.2) is 5.16 Å². The average Bonchev–Trinajstić information content (AvgIpc) is 3.22. The number of aromatic nitrogens is 1. The van der Waals surface area contributed by atoms with Gasteiger partial charge in [0.05, 0.1) is 5.69 Å². The van der Waals surface area contributed by atoms with E-state index in [2.05, 4.69) is 123 Å². The second-order valence-corrected chi connectivity index (χ2v) is 9.38. The van der Waals surface area contributed by atoms with Gasteiger partial charge in [-0.1, -0.05) is 103 Å². The molecule has 36 heavy (non-hydrogen) atoms. The van der Waals surface area contributed by atoms with E-state index in [1.807, 2.05) is 13.8 Å². The minimum absolute atomic E-state index is 0.203. The maximum absolute atomic E-state index is 5.44. The van der Waals surface area contributed by atoms with Gasteiger partial charge in [0.2, 0.25) is 0 Å². The fraction of sp³-hybridized carbons (Fsp3) is 0.235. The SMILES string of the molecule is CCC(=CC(C)=CC(c1ccccc1)c1ccccc1)C1=C=CCC=C(c2c(C)noc2C)C=C1C. The van der Waals surface area contributed by atoms with Crippen LogP contribution < -0.4 is 0 Å². The monoisotopic (exact) mass is 473 g/mol. The Hall–Kier alpha value is -3.87. The van der Waals surface area contributed by atoms with Crippen molar-refractivity contribution in [3.8, 4) is 0 Å². The van der Waals surface area contributed by atoms with Gasteiger partial charge in [-0.2, -0.15) is 0 Å². The van der Waals surface area contributed by atoms with E-state index in [1.54, 1.807) is 0 Å². The minimum Gasteiger partial charge on any atom is -0.361 e. The van der Waals surface area contributed by atoms with Gasteiger partial charge >= 0.3 is 0 Å². The number of allylic oxidation sites excluding steroid dienone is 9. The van der Waals surface area contributed by atoms with Crippen molar-refractivity contribution >= 4 is 5.57 Å². The van der Waals surface area contributed by atoms with Crippen molar-refractivity contribution in [2.45, 2.75) is 53.4 Å². The molecule has 0 spiro atoms. The third kappa shape index (κ3) is 5.85. The first-order valence-electron chi connectivity index (χ1n) is 12.7. The van der Waals surface area contributed by atoms with Gasteiger partial charge < -0.3 is 4.52 Å². The van der Waals surface area contributed by atoms with Gasteiger partial charge in [-0.25, -0.2) is 0 Å². The number of aryl methyl sites for hydroxylation is 2. The van der Waals surface area contributed by atoms with Crippen molar-refractivity contribution in [3.63, 3.8) is 0 Å². The molecule has 1 aliphatic rings. The molecule has 0 N–H and O–H groups in total. The smallest absolute Gasteiger partial charge is 0.141 e. The molecule has 2 nitrogen and oxygen atoms in total. The first-order valence-corrected chi connectivity index (χ1v) is 12.7. The molecule has 0 saturated heterocycles. The number of hydrogen-bond donors (Lipinski definition) is 0. The molecule has 2 heteroatoms. The van der Waals surface area contributed by atoms with E-state index in [9.17, 15) is 0 Å². The summed E-state index contributed by atoms with van der Waals surface area (Å²) in [5.74, 6) is 1.06. The Morgan fingerprint density at radius 2 is 1.64 bits per heavy atom. The second kappa shape index (κ2) is 11.7. The average molecular weight is 474 g/mol. The normalized spacial score (nSPS) is 14.8. The summed E-state index contributed by atoms with van der Waals surface area (Å²) in [5, 5.41) is 4.16. The first kappa shape index (κ1) is 25.2. The van der Waals surface area contributed by atoms with Crippen molar-refractivity contribution in [2.75, 3.05) is 0 Å². The summed E-state index contributed by atoms with van der Waals surface area (Å²) in [6.07, 6.45) is 13.1. The topological polar surface area (TPSA) is 26.0 Å². The van der Waals surface area contributed by atoms with E-state index >= 15 is 0 Å². The summed E-state index contributed by atoms with van der Waals surface area (Å²) in [7, 11) is 0. The molecule has 0 unspecified atom stereocenters.